The molecular weight excluding hydrogens is 264 g/mol. The Morgan fingerprint density at radius 3 is 1.65 bits per heavy atom. The van der Waals surface area contributed by atoms with E-state index in [-0.39, 0.29) is 0 Å². The van der Waals surface area contributed by atoms with Crippen molar-refractivity contribution < 1.29 is 0 Å². The lowest BCUT2D eigenvalue weighted by Crippen LogP contribution is -2.16. The molecule has 0 aromatic carbocycles. The number of imidazole rings is 2. The van der Waals surface area contributed by atoms with Crippen LogP contribution in [0.4, 0.5) is 0 Å². The second-order valence-electron chi connectivity index (χ2n) is 4.02. The fourth-order valence-electron chi connectivity index (χ4n) is 1.97. The molecule has 0 radical (unpaired) electrons. The number of hydrogen-bond donors (Lipinski definition) is 2. The van der Waals surface area contributed by atoms with Crippen molar-refractivity contribution in [3.8, 4) is 0 Å². The second-order valence-corrected chi connectivity index (χ2v) is 4.02. The van der Waals surface area contributed by atoms with Gasteiger partial charge in [-0.2, -0.15) is 9.97 Å². The van der Waals surface area contributed by atoms with Crippen LogP contribution < -0.4 is 11.4 Å². The first kappa shape index (κ1) is 10.6. The van der Waals surface area contributed by atoms with Gasteiger partial charge in [-0.25, -0.2) is 28.9 Å². The number of fused-ring (bicyclic) bond motifs is 2. The number of aromatic amines is 2. The quantitative estimate of drug-likeness (QED) is 0.450. The van der Waals surface area contributed by atoms with Crippen LogP contribution in [0.3, 0.4) is 0 Å². The van der Waals surface area contributed by atoms with Crippen molar-refractivity contribution in [2.45, 2.75) is 0 Å². The molecular formula is C10H6N8O2. The Kier molecular flexibility index (Phi) is 1.91. The number of nitrogens with one attached hydrogen (secondary N) is 2. The van der Waals surface area contributed by atoms with Gasteiger partial charge in [-0.05, 0) is 0 Å². The van der Waals surface area contributed by atoms with E-state index < -0.39 is 11.4 Å². The van der Waals surface area contributed by atoms with E-state index in [2.05, 4.69) is 29.9 Å². The fraction of sp³-hybridized carbons (Fsp3) is 0. The Labute approximate surface area is 108 Å². The van der Waals surface area contributed by atoms with Crippen LogP contribution in [0.25, 0.3) is 22.3 Å². The molecule has 0 bridgehead atoms. The topological polar surface area (TPSA) is 127 Å². The molecule has 2 N–H and O–H groups in total. The summed E-state index contributed by atoms with van der Waals surface area (Å²) in [5.74, 6) is 0. The average molecular weight is 270 g/mol. The number of H-pyrrole nitrogens is 2. The SMILES string of the molecule is O=c1ncc2ncn(-n3cnc4cnc(=O)[nH]c43)c2[nH]1. The largest absolute Gasteiger partial charge is 0.346 e. The van der Waals surface area contributed by atoms with Crippen molar-refractivity contribution in [3.63, 3.8) is 0 Å². The summed E-state index contributed by atoms with van der Waals surface area (Å²) in [6.45, 7) is 0. The van der Waals surface area contributed by atoms with E-state index in [9.17, 15) is 9.59 Å². The van der Waals surface area contributed by atoms with Crippen LogP contribution in [-0.2, 0) is 0 Å². The van der Waals surface area contributed by atoms with E-state index in [0.717, 1.165) is 0 Å². The maximum Gasteiger partial charge on any atom is 0.346 e. The van der Waals surface area contributed by atoms with Gasteiger partial charge in [-0.3, -0.25) is 9.97 Å². The summed E-state index contributed by atoms with van der Waals surface area (Å²) in [5, 5.41) is 0. The highest BCUT2D eigenvalue weighted by Gasteiger charge is 2.10. The van der Waals surface area contributed by atoms with E-state index >= 15 is 0 Å². The van der Waals surface area contributed by atoms with E-state index in [1.165, 1.54) is 25.0 Å². The molecule has 20 heavy (non-hydrogen) atoms. The number of aromatic nitrogens is 8. The van der Waals surface area contributed by atoms with Crippen molar-refractivity contribution in [1.82, 2.24) is 39.3 Å². The van der Waals surface area contributed by atoms with E-state index in [4.69, 9.17) is 0 Å². The summed E-state index contributed by atoms with van der Waals surface area (Å²) in [6, 6.07) is 0. The molecule has 10 nitrogen and oxygen atoms in total. The van der Waals surface area contributed by atoms with E-state index in [1.54, 1.807) is 9.35 Å². The average Bonchev–Trinajstić information content (AvgIpc) is 3.01. The molecule has 0 atom stereocenters. The first-order valence-electron chi connectivity index (χ1n) is 5.58. The lowest BCUT2D eigenvalue weighted by atomic mass is 10.5. The van der Waals surface area contributed by atoms with E-state index in [1.807, 2.05) is 0 Å². The molecule has 0 aliphatic heterocycles. The summed E-state index contributed by atoms with van der Waals surface area (Å²) >= 11 is 0. The summed E-state index contributed by atoms with van der Waals surface area (Å²) in [6.07, 6.45) is 5.71. The lowest BCUT2D eigenvalue weighted by molar-refractivity contribution is 0.685. The van der Waals surface area contributed by atoms with Gasteiger partial charge in [-0.1, -0.05) is 0 Å². The van der Waals surface area contributed by atoms with Gasteiger partial charge < -0.3 is 0 Å². The minimum absolute atomic E-state index is 0.446. The van der Waals surface area contributed by atoms with Crippen molar-refractivity contribution in [3.05, 3.63) is 46.0 Å². The van der Waals surface area contributed by atoms with Crippen LogP contribution in [0.5, 0.6) is 0 Å². The van der Waals surface area contributed by atoms with Gasteiger partial charge in [0.15, 0.2) is 11.3 Å². The number of rotatable bonds is 1. The van der Waals surface area contributed by atoms with Crippen LogP contribution in [0.15, 0.2) is 34.6 Å². The first-order chi connectivity index (χ1) is 9.72. The molecule has 0 aliphatic rings. The molecule has 0 saturated heterocycles. The van der Waals surface area contributed by atoms with Gasteiger partial charge in [0.05, 0.1) is 12.4 Å². The maximum atomic E-state index is 11.3. The maximum absolute atomic E-state index is 11.3. The third kappa shape index (κ3) is 1.38. The van der Waals surface area contributed by atoms with Gasteiger partial charge in [0, 0.05) is 0 Å². The fourth-order valence-corrected chi connectivity index (χ4v) is 1.97. The molecule has 0 spiro atoms. The Hall–Kier alpha value is -3.30. The Balaban J connectivity index is 2.11. The molecule has 0 aliphatic carbocycles. The molecule has 0 amide bonds. The predicted molar refractivity (Wildman–Crippen MR) is 67.1 cm³/mol. The molecule has 0 fully saturated rings. The van der Waals surface area contributed by atoms with Gasteiger partial charge >= 0.3 is 11.4 Å². The molecule has 10 heteroatoms. The first-order valence-corrected chi connectivity index (χ1v) is 5.58. The zero-order valence-corrected chi connectivity index (χ0v) is 9.81. The highest BCUT2D eigenvalue weighted by atomic mass is 16.1. The highest BCUT2D eigenvalue weighted by molar-refractivity contribution is 5.72. The number of hydrogen-bond acceptors (Lipinski definition) is 6. The highest BCUT2D eigenvalue weighted by Crippen LogP contribution is 2.11. The second kappa shape index (κ2) is 3.60. The van der Waals surface area contributed by atoms with Gasteiger partial charge in [0.25, 0.3) is 0 Å². The van der Waals surface area contributed by atoms with Crippen LogP contribution in [0, 0.1) is 0 Å². The summed E-state index contributed by atoms with van der Waals surface area (Å²) < 4.78 is 3.09. The Morgan fingerprint density at radius 2 is 1.20 bits per heavy atom. The van der Waals surface area contributed by atoms with Gasteiger partial charge in [-0.15, -0.1) is 0 Å². The molecule has 4 aromatic rings. The van der Waals surface area contributed by atoms with Crippen molar-refractivity contribution >= 4 is 22.3 Å². The third-order valence-corrected chi connectivity index (χ3v) is 2.85. The monoisotopic (exact) mass is 270 g/mol. The third-order valence-electron chi connectivity index (χ3n) is 2.85. The minimum Gasteiger partial charge on any atom is -0.289 e. The zero-order chi connectivity index (χ0) is 13.7. The summed E-state index contributed by atoms with van der Waals surface area (Å²) in [7, 11) is 0. The predicted octanol–water partition coefficient (Wildman–Crippen LogP) is -1.14. The zero-order valence-electron chi connectivity index (χ0n) is 9.81. The Bertz CT molecular complexity index is 966. The standard InChI is InChI=1S/C10H6N8O2/c19-9-11-1-5-7(15-9)17(3-13-5)18-4-14-6-2-12-10(20)16-8(6)18/h1-4H,(H,11,15,19)(H,12,16,20). The van der Waals surface area contributed by atoms with Crippen molar-refractivity contribution in [2.24, 2.45) is 0 Å². The van der Waals surface area contributed by atoms with Gasteiger partial charge in [0.2, 0.25) is 0 Å². The molecule has 0 saturated carbocycles. The molecule has 4 rings (SSSR count). The molecule has 98 valence electrons. The van der Waals surface area contributed by atoms with Crippen LogP contribution in [-0.4, -0.2) is 39.3 Å². The minimum atomic E-state index is -0.487. The molecule has 4 heterocycles. The molecule has 0 unspecified atom stereocenters. The van der Waals surface area contributed by atoms with E-state index in [0.29, 0.717) is 22.3 Å². The van der Waals surface area contributed by atoms with Gasteiger partial charge in [0.1, 0.15) is 23.7 Å². The lowest BCUT2D eigenvalue weighted by Gasteiger charge is -2.04. The van der Waals surface area contributed by atoms with Crippen LogP contribution in [0.1, 0.15) is 0 Å². The van der Waals surface area contributed by atoms with Crippen molar-refractivity contribution in [1.29, 1.82) is 0 Å². The van der Waals surface area contributed by atoms with Crippen LogP contribution >= 0.6 is 0 Å². The summed E-state index contributed by atoms with van der Waals surface area (Å²) in [5.41, 5.74) is 0.951. The Morgan fingerprint density at radius 1 is 0.750 bits per heavy atom. The van der Waals surface area contributed by atoms with Crippen LogP contribution in [0.2, 0.25) is 0 Å². The normalized spacial score (nSPS) is 11.4. The molecule has 4 aromatic heterocycles. The summed E-state index contributed by atoms with van der Waals surface area (Å²) in [4.78, 5) is 43.2. The number of nitrogens with zero attached hydrogens (tertiary/aromatic N) is 6. The van der Waals surface area contributed by atoms with Crippen molar-refractivity contribution in [2.75, 3.05) is 0 Å². The smallest absolute Gasteiger partial charge is 0.289 e.